The van der Waals surface area contributed by atoms with Gasteiger partial charge in [-0.05, 0) is 96.3 Å². The Bertz CT molecular complexity index is 935. The van der Waals surface area contributed by atoms with E-state index in [1.165, 1.54) is 19.3 Å². The quantitative estimate of drug-likeness (QED) is 0.404. The summed E-state index contributed by atoms with van der Waals surface area (Å²) in [6.45, 7) is 8.41. The van der Waals surface area contributed by atoms with Gasteiger partial charge in [-0.3, -0.25) is 4.79 Å². The first-order valence-electron chi connectivity index (χ1n) is 15.9. The predicted octanol–water partition coefficient (Wildman–Crippen LogP) is 5.59. The predicted molar refractivity (Wildman–Crippen MR) is 164 cm³/mol. The monoisotopic (exact) mass is 573 g/mol. The number of piperidine rings is 1. The van der Waals surface area contributed by atoms with Crippen molar-refractivity contribution in [1.82, 2.24) is 20.0 Å². The highest BCUT2D eigenvalue weighted by molar-refractivity contribution is 6.30. The van der Waals surface area contributed by atoms with E-state index in [4.69, 9.17) is 17.3 Å². The summed E-state index contributed by atoms with van der Waals surface area (Å²) in [7, 11) is 0. The Balaban J connectivity index is 1.44. The molecule has 3 aliphatic rings. The van der Waals surface area contributed by atoms with E-state index in [0.29, 0.717) is 36.6 Å². The largest absolute Gasteiger partial charge is 0.341 e. The molecule has 224 valence electrons. The molecule has 0 unspecified atom stereocenters. The van der Waals surface area contributed by atoms with E-state index in [0.717, 1.165) is 63.5 Å². The van der Waals surface area contributed by atoms with Gasteiger partial charge in [-0.1, -0.05) is 43.0 Å². The zero-order valence-electron chi connectivity index (χ0n) is 25.0. The van der Waals surface area contributed by atoms with Crippen molar-refractivity contribution in [3.63, 3.8) is 0 Å². The van der Waals surface area contributed by atoms with Crippen LogP contribution in [0.2, 0.25) is 5.02 Å². The van der Waals surface area contributed by atoms with Crippen LogP contribution in [0.25, 0.3) is 0 Å². The first-order chi connectivity index (χ1) is 19.3. The van der Waals surface area contributed by atoms with Crippen LogP contribution in [0.15, 0.2) is 24.3 Å². The lowest BCUT2D eigenvalue weighted by Crippen LogP contribution is -2.59. The summed E-state index contributed by atoms with van der Waals surface area (Å²) in [4.78, 5) is 34.1. The van der Waals surface area contributed by atoms with Crippen molar-refractivity contribution in [3.8, 4) is 0 Å². The molecule has 4 rings (SSSR count). The molecule has 0 aromatic heterocycles. The third-order valence-electron chi connectivity index (χ3n) is 9.43. The highest BCUT2D eigenvalue weighted by Gasteiger charge is 2.38. The average molecular weight is 574 g/mol. The number of carbonyl (C=O) groups excluding carboxylic acids is 2. The van der Waals surface area contributed by atoms with Crippen LogP contribution >= 0.6 is 11.6 Å². The molecule has 7 nitrogen and oxygen atoms in total. The van der Waals surface area contributed by atoms with Gasteiger partial charge in [0.05, 0.1) is 6.04 Å². The Labute approximate surface area is 247 Å². The second-order valence-electron chi connectivity index (χ2n) is 12.6. The summed E-state index contributed by atoms with van der Waals surface area (Å²) in [5.74, 6) is 0.177. The van der Waals surface area contributed by atoms with E-state index in [2.05, 4.69) is 31.0 Å². The number of nitrogens with zero attached hydrogens (tertiary/aromatic N) is 3. The summed E-state index contributed by atoms with van der Waals surface area (Å²) in [5, 5.41) is 4.43. The molecular weight excluding hydrogens is 522 g/mol. The molecule has 3 amide bonds. The smallest absolute Gasteiger partial charge is 0.320 e. The van der Waals surface area contributed by atoms with Gasteiger partial charge in [0.15, 0.2) is 0 Å². The van der Waals surface area contributed by atoms with E-state index in [-0.39, 0.29) is 36.1 Å². The van der Waals surface area contributed by atoms with Crippen LogP contribution in [0.5, 0.6) is 0 Å². The number of halogens is 1. The van der Waals surface area contributed by atoms with Gasteiger partial charge in [0.25, 0.3) is 0 Å². The zero-order chi connectivity index (χ0) is 28.6. The van der Waals surface area contributed by atoms with E-state index in [1.54, 1.807) is 0 Å². The van der Waals surface area contributed by atoms with Crippen LogP contribution in [0.1, 0.15) is 97.0 Å². The van der Waals surface area contributed by atoms with Gasteiger partial charge in [-0.15, -0.1) is 0 Å². The van der Waals surface area contributed by atoms with Gasteiger partial charge < -0.3 is 25.8 Å². The normalized spacial score (nSPS) is 23.7. The zero-order valence-corrected chi connectivity index (χ0v) is 25.7. The SMILES string of the molecule is CCN(C(=O)N(C1CCCCC1)C1CCN(C(=O)[C@H](Cc2ccc(Cl)cc2)NC2CCC(N)CC2)CC1)C(C)C. The highest BCUT2D eigenvalue weighted by atomic mass is 35.5. The molecule has 1 aromatic carbocycles. The maximum absolute atomic E-state index is 14.0. The second-order valence-corrected chi connectivity index (χ2v) is 13.0. The van der Waals surface area contributed by atoms with Crippen LogP contribution in [0, 0.1) is 0 Å². The molecule has 0 spiro atoms. The Kier molecular flexibility index (Phi) is 11.6. The Morgan fingerprint density at radius 2 is 1.55 bits per heavy atom. The maximum atomic E-state index is 14.0. The number of carbonyl (C=O) groups is 2. The highest BCUT2D eigenvalue weighted by Crippen LogP contribution is 2.30. The van der Waals surface area contributed by atoms with Crippen molar-refractivity contribution in [2.75, 3.05) is 19.6 Å². The first kappa shape index (κ1) is 31.1. The molecule has 1 aromatic rings. The average Bonchev–Trinajstić information content (AvgIpc) is 2.96. The fourth-order valence-corrected chi connectivity index (χ4v) is 7.19. The fourth-order valence-electron chi connectivity index (χ4n) is 7.07. The molecule has 0 bridgehead atoms. The van der Waals surface area contributed by atoms with Crippen molar-refractivity contribution in [2.45, 2.75) is 134 Å². The standard InChI is InChI=1S/C32H52ClN5O2/c1-4-37(23(2)3)32(40)38(28-8-6-5-7-9-28)29-18-20-36(21-19-29)31(39)30(22-24-10-12-25(33)13-11-24)35-27-16-14-26(34)15-17-27/h10-13,23,26-30,35H,4-9,14-22,34H2,1-3H3/t26?,27?,30-/m0/s1. The number of likely N-dealkylation sites (tertiary alicyclic amines) is 1. The van der Waals surface area contributed by atoms with Gasteiger partial charge in [-0.2, -0.15) is 0 Å². The third kappa shape index (κ3) is 8.13. The third-order valence-corrected chi connectivity index (χ3v) is 9.68. The van der Waals surface area contributed by atoms with Crippen LogP contribution < -0.4 is 11.1 Å². The minimum atomic E-state index is -0.273. The van der Waals surface area contributed by atoms with Gasteiger partial charge in [0, 0.05) is 54.9 Å². The first-order valence-corrected chi connectivity index (χ1v) is 16.3. The number of rotatable bonds is 9. The van der Waals surface area contributed by atoms with Gasteiger partial charge in [-0.25, -0.2) is 4.79 Å². The van der Waals surface area contributed by atoms with E-state index >= 15 is 0 Å². The number of nitrogens with one attached hydrogen (secondary N) is 1. The molecule has 1 aliphatic heterocycles. The van der Waals surface area contributed by atoms with Crippen molar-refractivity contribution in [1.29, 1.82) is 0 Å². The molecule has 8 heteroatoms. The summed E-state index contributed by atoms with van der Waals surface area (Å²) >= 11 is 6.13. The minimum absolute atomic E-state index is 0.177. The molecular formula is C32H52ClN5O2. The van der Waals surface area contributed by atoms with Gasteiger partial charge >= 0.3 is 6.03 Å². The second kappa shape index (κ2) is 14.9. The molecule has 3 N–H and O–H groups in total. The number of nitrogens with two attached hydrogens (primary N) is 1. The number of urea groups is 1. The molecule has 2 saturated carbocycles. The molecule has 0 radical (unpaired) electrons. The number of amides is 3. The van der Waals surface area contributed by atoms with Crippen molar-refractivity contribution >= 4 is 23.5 Å². The molecule has 2 aliphatic carbocycles. The van der Waals surface area contributed by atoms with Crippen molar-refractivity contribution in [3.05, 3.63) is 34.9 Å². The Morgan fingerprint density at radius 3 is 2.12 bits per heavy atom. The molecule has 3 fully saturated rings. The lowest BCUT2D eigenvalue weighted by atomic mass is 9.90. The fraction of sp³-hybridized carbons (Fsp3) is 0.750. The van der Waals surface area contributed by atoms with E-state index in [1.807, 2.05) is 34.1 Å². The van der Waals surface area contributed by atoms with Crippen molar-refractivity contribution < 1.29 is 9.59 Å². The van der Waals surface area contributed by atoms with Crippen LogP contribution in [0.3, 0.4) is 0 Å². The van der Waals surface area contributed by atoms with Crippen LogP contribution in [-0.2, 0) is 11.2 Å². The van der Waals surface area contributed by atoms with E-state index < -0.39 is 0 Å². The van der Waals surface area contributed by atoms with Crippen molar-refractivity contribution in [2.24, 2.45) is 5.73 Å². The minimum Gasteiger partial charge on any atom is -0.341 e. The molecule has 1 heterocycles. The van der Waals surface area contributed by atoms with Crippen LogP contribution in [0.4, 0.5) is 4.79 Å². The lowest BCUT2D eigenvalue weighted by Gasteiger charge is -2.46. The Morgan fingerprint density at radius 1 is 0.950 bits per heavy atom. The lowest BCUT2D eigenvalue weighted by molar-refractivity contribution is -0.135. The summed E-state index contributed by atoms with van der Waals surface area (Å²) in [6, 6.07) is 9.04. The molecule has 40 heavy (non-hydrogen) atoms. The summed E-state index contributed by atoms with van der Waals surface area (Å²) in [6.07, 6.45) is 12.2. The van der Waals surface area contributed by atoms with E-state index in [9.17, 15) is 9.59 Å². The van der Waals surface area contributed by atoms with Gasteiger partial charge in [0.1, 0.15) is 0 Å². The van der Waals surface area contributed by atoms with Gasteiger partial charge in [0.2, 0.25) is 5.91 Å². The number of hydrogen-bond donors (Lipinski definition) is 2. The summed E-state index contributed by atoms with van der Waals surface area (Å²) < 4.78 is 0. The maximum Gasteiger partial charge on any atom is 0.320 e. The Hall–Kier alpha value is -1.83. The molecule has 1 atom stereocenters. The number of benzene rings is 1. The number of hydrogen-bond acceptors (Lipinski definition) is 4. The topological polar surface area (TPSA) is 81.9 Å². The molecule has 1 saturated heterocycles. The summed E-state index contributed by atoms with van der Waals surface area (Å²) in [5.41, 5.74) is 7.26. The van der Waals surface area contributed by atoms with Crippen LogP contribution in [-0.4, -0.2) is 82.5 Å².